The Morgan fingerprint density at radius 2 is 2.11 bits per heavy atom. The highest BCUT2D eigenvalue weighted by molar-refractivity contribution is 5.37. The summed E-state index contributed by atoms with van der Waals surface area (Å²) in [5, 5.41) is 7.04. The molecule has 0 bridgehead atoms. The molecule has 2 heteroatoms. The Hall–Kier alpha value is -0.860. The van der Waals surface area contributed by atoms with Crippen molar-refractivity contribution in [3.8, 4) is 0 Å². The van der Waals surface area contributed by atoms with Gasteiger partial charge in [0.15, 0.2) is 0 Å². The Morgan fingerprint density at radius 1 is 1.28 bits per heavy atom. The van der Waals surface area contributed by atoms with Crippen LogP contribution in [0.2, 0.25) is 0 Å². The smallest absolute Gasteiger partial charge is 0.0211 e. The van der Waals surface area contributed by atoms with Crippen LogP contribution in [0.5, 0.6) is 0 Å². The second-order valence-electron chi connectivity index (χ2n) is 6.26. The van der Waals surface area contributed by atoms with E-state index in [4.69, 9.17) is 0 Å². The van der Waals surface area contributed by atoms with Crippen molar-refractivity contribution in [1.82, 2.24) is 10.6 Å². The third kappa shape index (κ3) is 3.82. The quantitative estimate of drug-likeness (QED) is 0.798. The van der Waals surface area contributed by atoms with Crippen molar-refractivity contribution in [1.29, 1.82) is 0 Å². The molecule has 0 aliphatic carbocycles. The zero-order valence-corrected chi connectivity index (χ0v) is 12.0. The van der Waals surface area contributed by atoms with Gasteiger partial charge in [0.25, 0.3) is 0 Å². The number of aryl methyl sites for hydroxylation is 1. The summed E-state index contributed by atoms with van der Waals surface area (Å²) < 4.78 is 0. The lowest BCUT2D eigenvalue weighted by atomic mass is 9.93. The average molecular weight is 246 g/mol. The fourth-order valence-corrected chi connectivity index (χ4v) is 2.56. The Labute approximate surface area is 111 Å². The van der Waals surface area contributed by atoms with Gasteiger partial charge in [-0.2, -0.15) is 0 Å². The summed E-state index contributed by atoms with van der Waals surface area (Å²) in [6.45, 7) is 9.95. The molecule has 2 N–H and O–H groups in total. The molecule has 0 unspecified atom stereocenters. The maximum Gasteiger partial charge on any atom is 0.0211 e. The fourth-order valence-electron chi connectivity index (χ4n) is 2.56. The van der Waals surface area contributed by atoms with Crippen LogP contribution >= 0.6 is 0 Å². The second-order valence-corrected chi connectivity index (χ2v) is 6.26. The molecule has 2 nitrogen and oxygen atoms in total. The lowest BCUT2D eigenvalue weighted by Crippen LogP contribution is -2.36. The molecule has 0 spiro atoms. The lowest BCUT2D eigenvalue weighted by molar-refractivity contribution is 0.422. The molecule has 0 fully saturated rings. The standard InChI is InChI=1S/C16H26N2/c1-16(2,3)18-10-5-8-13-6-4-7-14-9-11-17-12-15(13)14/h4,6-7,17-18H,5,8-12H2,1-3H3. The molecule has 0 amide bonds. The summed E-state index contributed by atoms with van der Waals surface area (Å²) in [5.74, 6) is 0. The molecule has 18 heavy (non-hydrogen) atoms. The summed E-state index contributed by atoms with van der Waals surface area (Å²) in [6, 6.07) is 6.80. The maximum absolute atomic E-state index is 3.56. The molecular formula is C16H26N2. The Bertz CT molecular complexity index is 391. The maximum atomic E-state index is 3.56. The zero-order valence-electron chi connectivity index (χ0n) is 12.0. The summed E-state index contributed by atoms with van der Waals surface area (Å²) in [7, 11) is 0. The molecule has 0 aromatic heterocycles. The van der Waals surface area contributed by atoms with Crippen molar-refractivity contribution in [2.45, 2.75) is 52.1 Å². The molecular weight excluding hydrogens is 220 g/mol. The highest BCUT2D eigenvalue weighted by Gasteiger charge is 2.12. The first-order chi connectivity index (χ1) is 8.56. The van der Waals surface area contributed by atoms with Gasteiger partial charge >= 0.3 is 0 Å². The first-order valence-corrected chi connectivity index (χ1v) is 7.12. The van der Waals surface area contributed by atoms with Crippen molar-refractivity contribution < 1.29 is 0 Å². The Balaban J connectivity index is 1.90. The molecule has 0 saturated carbocycles. The van der Waals surface area contributed by atoms with Crippen molar-refractivity contribution in [3.05, 3.63) is 34.9 Å². The van der Waals surface area contributed by atoms with Crippen LogP contribution in [0.3, 0.4) is 0 Å². The zero-order chi connectivity index (χ0) is 13.0. The number of fused-ring (bicyclic) bond motifs is 1. The van der Waals surface area contributed by atoms with Gasteiger partial charge in [0.05, 0.1) is 0 Å². The van der Waals surface area contributed by atoms with Gasteiger partial charge in [-0.25, -0.2) is 0 Å². The predicted molar refractivity (Wildman–Crippen MR) is 77.9 cm³/mol. The normalized spacial score (nSPS) is 15.5. The van der Waals surface area contributed by atoms with E-state index in [1.165, 1.54) is 24.8 Å². The van der Waals surface area contributed by atoms with Gasteiger partial charge < -0.3 is 10.6 Å². The minimum absolute atomic E-state index is 0.234. The van der Waals surface area contributed by atoms with E-state index in [0.29, 0.717) is 0 Å². The first kappa shape index (κ1) is 13.6. The topological polar surface area (TPSA) is 24.1 Å². The fraction of sp³-hybridized carbons (Fsp3) is 0.625. The van der Waals surface area contributed by atoms with E-state index in [1.807, 2.05) is 0 Å². The summed E-state index contributed by atoms with van der Waals surface area (Å²) in [5.41, 5.74) is 4.88. The third-order valence-electron chi connectivity index (χ3n) is 3.52. The van der Waals surface area contributed by atoms with Crippen LogP contribution in [0.25, 0.3) is 0 Å². The Morgan fingerprint density at radius 3 is 2.89 bits per heavy atom. The number of rotatable bonds is 4. The molecule has 0 atom stereocenters. The summed E-state index contributed by atoms with van der Waals surface area (Å²) in [4.78, 5) is 0. The van der Waals surface area contributed by atoms with Gasteiger partial charge in [-0.15, -0.1) is 0 Å². The average Bonchev–Trinajstić information content (AvgIpc) is 2.33. The van der Waals surface area contributed by atoms with E-state index in [9.17, 15) is 0 Å². The molecule has 0 saturated heterocycles. The first-order valence-electron chi connectivity index (χ1n) is 7.12. The molecule has 0 radical (unpaired) electrons. The van der Waals surface area contributed by atoms with E-state index < -0.39 is 0 Å². The van der Waals surface area contributed by atoms with Gasteiger partial charge in [0.2, 0.25) is 0 Å². The van der Waals surface area contributed by atoms with Gasteiger partial charge in [-0.3, -0.25) is 0 Å². The Kier molecular flexibility index (Phi) is 4.41. The number of hydrogen-bond donors (Lipinski definition) is 2. The molecule has 1 aromatic rings. The second kappa shape index (κ2) is 5.85. The van der Waals surface area contributed by atoms with E-state index in [0.717, 1.165) is 19.6 Å². The van der Waals surface area contributed by atoms with Crippen molar-refractivity contribution in [3.63, 3.8) is 0 Å². The molecule has 1 aliphatic heterocycles. The van der Waals surface area contributed by atoms with Crippen LogP contribution < -0.4 is 10.6 Å². The van der Waals surface area contributed by atoms with Crippen molar-refractivity contribution in [2.75, 3.05) is 13.1 Å². The third-order valence-corrected chi connectivity index (χ3v) is 3.52. The number of nitrogens with one attached hydrogen (secondary N) is 2. The van der Waals surface area contributed by atoms with Crippen molar-refractivity contribution in [2.24, 2.45) is 0 Å². The van der Waals surface area contributed by atoms with E-state index in [2.05, 4.69) is 49.6 Å². The number of benzene rings is 1. The van der Waals surface area contributed by atoms with Gasteiger partial charge in [-0.05, 0) is 69.8 Å². The van der Waals surface area contributed by atoms with Gasteiger partial charge in [0, 0.05) is 12.1 Å². The van der Waals surface area contributed by atoms with Crippen LogP contribution in [-0.2, 0) is 19.4 Å². The van der Waals surface area contributed by atoms with Gasteiger partial charge in [0.1, 0.15) is 0 Å². The summed E-state index contributed by atoms with van der Waals surface area (Å²) >= 11 is 0. The summed E-state index contributed by atoms with van der Waals surface area (Å²) in [6.07, 6.45) is 3.59. The van der Waals surface area contributed by atoms with Crippen molar-refractivity contribution >= 4 is 0 Å². The van der Waals surface area contributed by atoms with E-state index >= 15 is 0 Å². The van der Waals surface area contributed by atoms with Crippen LogP contribution in [0.1, 0.15) is 43.9 Å². The highest BCUT2D eigenvalue weighted by Crippen LogP contribution is 2.19. The van der Waals surface area contributed by atoms with E-state index in [-0.39, 0.29) is 5.54 Å². The van der Waals surface area contributed by atoms with E-state index in [1.54, 1.807) is 11.1 Å². The molecule has 1 aromatic carbocycles. The van der Waals surface area contributed by atoms with Crippen LogP contribution in [0.15, 0.2) is 18.2 Å². The molecule has 2 rings (SSSR count). The molecule has 1 aliphatic rings. The van der Waals surface area contributed by atoms with Crippen LogP contribution in [-0.4, -0.2) is 18.6 Å². The predicted octanol–water partition coefficient (Wildman–Crippen LogP) is 2.65. The largest absolute Gasteiger partial charge is 0.312 e. The minimum Gasteiger partial charge on any atom is -0.312 e. The monoisotopic (exact) mass is 246 g/mol. The highest BCUT2D eigenvalue weighted by atomic mass is 14.9. The van der Waals surface area contributed by atoms with Crippen LogP contribution in [0, 0.1) is 0 Å². The number of hydrogen-bond acceptors (Lipinski definition) is 2. The lowest BCUT2D eigenvalue weighted by Gasteiger charge is -2.22. The minimum atomic E-state index is 0.234. The van der Waals surface area contributed by atoms with Crippen LogP contribution in [0.4, 0.5) is 0 Å². The SMILES string of the molecule is CC(C)(C)NCCCc1cccc2c1CNCC2. The molecule has 100 valence electrons. The van der Waals surface area contributed by atoms with Gasteiger partial charge in [-0.1, -0.05) is 18.2 Å². The molecule has 1 heterocycles.